The van der Waals surface area contributed by atoms with Gasteiger partial charge in [-0.3, -0.25) is 9.78 Å². The van der Waals surface area contributed by atoms with E-state index < -0.39 is 11.5 Å². The monoisotopic (exact) mass is 555 g/mol. The standard InChI is InChI=1S/C35H26FN3O3/c36-30-12-16-37-31-18-22(6-11-28(30)31)21-39-17-13-25-19-26(23-4-2-1-3-5-23)20-29(32(25)39)33(40)38-35(14-15-35)27-9-7-24(8-10-27)34(41)42/h1-13,16-20H,14-15,21H2,(H,38,40)(H,41,42). The average Bonchev–Trinajstić information content (AvgIpc) is 3.69. The van der Waals surface area contributed by atoms with Crippen LogP contribution in [0.4, 0.5) is 4.39 Å². The van der Waals surface area contributed by atoms with Crippen LogP contribution in [0, 0.1) is 5.82 Å². The number of rotatable bonds is 7. The van der Waals surface area contributed by atoms with E-state index in [2.05, 4.69) is 16.4 Å². The number of nitrogens with one attached hydrogen (secondary N) is 1. The fourth-order valence-electron chi connectivity index (χ4n) is 5.73. The third-order valence-electron chi connectivity index (χ3n) is 8.11. The van der Waals surface area contributed by atoms with Gasteiger partial charge in [0.1, 0.15) is 5.82 Å². The van der Waals surface area contributed by atoms with Crippen LogP contribution < -0.4 is 5.32 Å². The molecular formula is C35H26FN3O3. The number of aromatic carboxylic acids is 1. The van der Waals surface area contributed by atoms with E-state index in [1.165, 1.54) is 12.3 Å². The highest BCUT2D eigenvalue weighted by molar-refractivity contribution is 6.08. The van der Waals surface area contributed by atoms with Crippen LogP contribution in [0.5, 0.6) is 0 Å². The van der Waals surface area contributed by atoms with E-state index in [9.17, 15) is 19.1 Å². The van der Waals surface area contributed by atoms with E-state index in [4.69, 9.17) is 0 Å². The highest BCUT2D eigenvalue weighted by Gasteiger charge is 2.46. The number of carboxylic acid groups (broad SMARTS) is 1. The van der Waals surface area contributed by atoms with E-state index in [1.54, 1.807) is 30.3 Å². The Kier molecular flexibility index (Phi) is 6.08. The summed E-state index contributed by atoms with van der Waals surface area (Å²) in [4.78, 5) is 29.8. The summed E-state index contributed by atoms with van der Waals surface area (Å²) in [5.41, 5.74) is 5.39. The van der Waals surface area contributed by atoms with Gasteiger partial charge in [0.15, 0.2) is 0 Å². The zero-order chi connectivity index (χ0) is 28.8. The molecule has 2 N–H and O–H groups in total. The minimum absolute atomic E-state index is 0.195. The molecule has 1 fully saturated rings. The van der Waals surface area contributed by atoms with Crippen molar-refractivity contribution >= 4 is 33.7 Å². The van der Waals surface area contributed by atoms with Crippen LogP contribution in [0.3, 0.4) is 0 Å². The SMILES string of the molecule is O=C(O)c1ccc(C2(NC(=O)c3cc(-c4ccccc4)cc4ccn(Cc5ccc6c(F)ccnc6c5)c34)CC2)cc1. The van der Waals surface area contributed by atoms with Crippen LogP contribution in [-0.2, 0) is 12.1 Å². The lowest BCUT2D eigenvalue weighted by Gasteiger charge is -2.20. The number of halogens is 1. The highest BCUT2D eigenvalue weighted by atomic mass is 19.1. The molecule has 2 aromatic heterocycles. The first-order valence-corrected chi connectivity index (χ1v) is 13.8. The van der Waals surface area contributed by atoms with Crippen molar-refractivity contribution in [1.29, 1.82) is 0 Å². The number of nitrogens with zero attached hydrogens (tertiary/aromatic N) is 2. The number of carbonyl (C=O) groups excluding carboxylic acids is 1. The minimum atomic E-state index is -0.983. The number of benzene rings is 4. The van der Waals surface area contributed by atoms with Crippen molar-refractivity contribution < 1.29 is 19.1 Å². The highest BCUT2D eigenvalue weighted by Crippen LogP contribution is 2.46. The number of pyridine rings is 1. The van der Waals surface area contributed by atoms with Crippen molar-refractivity contribution in [3.63, 3.8) is 0 Å². The molecule has 1 aliphatic carbocycles. The molecule has 0 unspecified atom stereocenters. The van der Waals surface area contributed by atoms with Gasteiger partial charge in [0.05, 0.1) is 27.7 Å². The molecule has 42 heavy (non-hydrogen) atoms. The number of amides is 1. The zero-order valence-corrected chi connectivity index (χ0v) is 22.5. The van der Waals surface area contributed by atoms with Crippen molar-refractivity contribution in [3.05, 3.63) is 138 Å². The van der Waals surface area contributed by atoms with Crippen molar-refractivity contribution in [1.82, 2.24) is 14.9 Å². The fourth-order valence-corrected chi connectivity index (χ4v) is 5.73. The summed E-state index contributed by atoms with van der Waals surface area (Å²) in [5, 5.41) is 14.0. The van der Waals surface area contributed by atoms with Gasteiger partial charge in [0.25, 0.3) is 5.91 Å². The molecule has 6 nitrogen and oxygen atoms in total. The normalized spacial score (nSPS) is 13.7. The van der Waals surface area contributed by atoms with Crippen LogP contribution in [0.25, 0.3) is 32.9 Å². The summed E-state index contributed by atoms with van der Waals surface area (Å²) in [6.45, 7) is 0.477. The van der Waals surface area contributed by atoms with E-state index >= 15 is 0 Å². The number of carbonyl (C=O) groups is 2. The maximum Gasteiger partial charge on any atom is 0.335 e. The third kappa shape index (κ3) is 4.59. The van der Waals surface area contributed by atoms with Crippen molar-refractivity contribution in [2.45, 2.75) is 24.9 Å². The van der Waals surface area contributed by atoms with Crippen LogP contribution >= 0.6 is 0 Å². The molecule has 2 heterocycles. The maximum atomic E-state index is 14.2. The van der Waals surface area contributed by atoms with E-state index in [0.29, 0.717) is 23.0 Å². The smallest absolute Gasteiger partial charge is 0.335 e. The van der Waals surface area contributed by atoms with E-state index in [1.807, 2.05) is 65.4 Å². The largest absolute Gasteiger partial charge is 0.478 e. The summed E-state index contributed by atoms with van der Waals surface area (Å²) in [6.07, 6.45) is 4.97. The van der Waals surface area contributed by atoms with Gasteiger partial charge >= 0.3 is 5.97 Å². The second-order valence-electron chi connectivity index (χ2n) is 10.8. The molecule has 1 amide bonds. The number of fused-ring (bicyclic) bond motifs is 2. The summed E-state index contributed by atoms with van der Waals surface area (Å²) in [7, 11) is 0. The number of hydrogen-bond acceptors (Lipinski definition) is 3. The molecule has 1 aliphatic rings. The predicted molar refractivity (Wildman–Crippen MR) is 160 cm³/mol. The molecule has 0 radical (unpaired) electrons. The fraction of sp³-hybridized carbons (Fsp3) is 0.114. The minimum Gasteiger partial charge on any atom is -0.478 e. The molecule has 0 bridgehead atoms. The molecule has 4 aromatic carbocycles. The second-order valence-corrected chi connectivity index (χ2v) is 10.8. The Morgan fingerprint density at radius 2 is 1.69 bits per heavy atom. The Bertz CT molecular complexity index is 1990. The summed E-state index contributed by atoms with van der Waals surface area (Å²) in [5.74, 6) is -1.49. The van der Waals surface area contributed by atoms with E-state index in [0.717, 1.165) is 46.0 Å². The quantitative estimate of drug-likeness (QED) is 0.219. The average molecular weight is 556 g/mol. The van der Waals surface area contributed by atoms with Gasteiger partial charge in [-0.2, -0.15) is 0 Å². The molecule has 0 atom stereocenters. The van der Waals surface area contributed by atoms with Crippen molar-refractivity contribution in [2.75, 3.05) is 0 Å². The molecule has 7 heteroatoms. The Labute approximate surface area is 241 Å². The number of carboxylic acids is 1. The molecule has 0 saturated heterocycles. The van der Waals surface area contributed by atoms with Gasteiger partial charge in [-0.05, 0) is 83.6 Å². The Morgan fingerprint density at radius 1 is 0.905 bits per heavy atom. The zero-order valence-electron chi connectivity index (χ0n) is 22.5. The molecule has 6 aromatic rings. The van der Waals surface area contributed by atoms with Gasteiger partial charge in [-0.25, -0.2) is 9.18 Å². The first-order chi connectivity index (χ1) is 20.4. The maximum absolute atomic E-state index is 14.2. The molecular weight excluding hydrogens is 529 g/mol. The molecule has 7 rings (SSSR count). The summed E-state index contributed by atoms with van der Waals surface area (Å²) < 4.78 is 16.3. The second kappa shape index (κ2) is 9.96. The third-order valence-corrected chi connectivity index (χ3v) is 8.11. The van der Waals surface area contributed by atoms with Gasteiger partial charge in [-0.15, -0.1) is 0 Å². The first-order valence-electron chi connectivity index (χ1n) is 13.8. The predicted octanol–water partition coefficient (Wildman–Crippen LogP) is 7.16. The Morgan fingerprint density at radius 3 is 2.43 bits per heavy atom. The lowest BCUT2D eigenvalue weighted by Crippen LogP contribution is -2.35. The lowest BCUT2D eigenvalue weighted by molar-refractivity contribution is 0.0696. The molecule has 1 saturated carbocycles. The summed E-state index contributed by atoms with van der Waals surface area (Å²) in [6, 6.07) is 29.6. The van der Waals surface area contributed by atoms with E-state index in [-0.39, 0.29) is 17.3 Å². The van der Waals surface area contributed by atoms with Crippen molar-refractivity contribution in [3.8, 4) is 11.1 Å². The number of hydrogen-bond donors (Lipinski definition) is 2. The Balaban J connectivity index is 1.29. The lowest BCUT2D eigenvalue weighted by atomic mass is 9.98. The van der Waals surface area contributed by atoms with Gasteiger partial charge in [0.2, 0.25) is 0 Å². The van der Waals surface area contributed by atoms with Crippen molar-refractivity contribution in [2.24, 2.45) is 0 Å². The van der Waals surface area contributed by atoms with Crippen LogP contribution in [-0.4, -0.2) is 26.5 Å². The number of aromatic nitrogens is 2. The van der Waals surface area contributed by atoms with Crippen LogP contribution in [0.15, 0.2) is 109 Å². The van der Waals surface area contributed by atoms with Gasteiger partial charge in [-0.1, -0.05) is 48.5 Å². The molecule has 206 valence electrons. The Hall–Kier alpha value is -5.30. The topological polar surface area (TPSA) is 84.2 Å². The van der Waals surface area contributed by atoms with Gasteiger partial charge in [0, 0.05) is 29.7 Å². The summed E-state index contributed by atoms with van der Waals surface area (Å²) >= 11 is 0. The van der Waals surface area contributed by atoms with Gasteiger partial charge < -0.3 is 15.0 Å². The molecule has 0 aliphatic heterocycles. The molecule has 0 spiro atoms. The van der Waals surface area contributed by atoms with Crippen LogP contribution in [0.1, 0.15) is 44.7 Å². The first kappa shape index (κ1) is 25.7. The van der Waals surface area contributed by atoms with Crippen LogP contribution in [0.2, 0.25) is 0 Å².